The monoisotopic (exact) mass is 342 g/mol. The summed E-state index contributed by atoms with van der Waals surface area (Å²) in [6.07, 6.45) is 6.87. The standard InChI is InChI=1S/C16H14N4OS2/c1-22-16-12(3-2-5-19-16)15(21)20-9-13-14(18-7-6-17-13)11-4-8-23-10-11/h2-8,10H,9H2,1H3,(H,20,21). The summed E-state index contributed by atoms with van der Waals surface area (Å²) in [6, 6.07) is 5.52. The average molecular weight is 342 g/mol. The van der Waals surface area contributed by atoms with Gasteiger partial charge in [0.2, 0.25) is 0 Å². The first-order chi connectivity index (χ1) is 11.3. The quantitative estimate of drug-likeness (QED) is 0.721. The van der Waals surface area contributed by atoms with Crippen LogP contribution in [0.5, 0.6) is 0 Å². The van der Waals surface area contributed by atoms with Crippen LogP contribution < -0.4 is 5.32 Å². The zero-order valence-corrected chi connectivity index (χ0v) is 14.0. The number of carbonyl (C=O) groups is 1. The number of hydrogen-bond acceptors (Lipinski definition) is 6. The van der Waals surface area contributed by atoms with Gasteiger partial charge in [-0.05, 0) is 29.8 Å². The van der Waals surface area contributed by atoms with Gasteiger partial charge < -0.3 is 5.32 Å². The number of thiophene rings is 1. The van der Waals surface area contributed by atoms with Crippen molar-refractivity contribution >= 4 is 29.0 Å². The number of hydrogen-bond donors (Lipinski definition) is 1. The first-order valence-electron chi connectivity index (χ1n) is 6.89. The maximum absolute atomic E-state index is 12.4. The molecule has 116 valence electrons. The van der Waals surface area contributed by atoms with Gasteiger partial charge in [0.1, 0.15) is 5.03 Å². The van der Waals surface area contributed by atoms with Gasteiger partial charge in [-0.25, -0.2) is 4.98 Å². The largest absolute Gasteiger partial charge is 0.346 e. The fourth-order valence-corrected chi connectivity index (χ4v) is 3.31. The van der Waals surface area contributed by atoms with Crippen LogP contribution in [0.15, 0.2) is 52.6 Å². The van der Waals surface area contributed by atoms with E-state index < -0.39 is 0 Å². The molecule has 0 aromatic carbocycles. The Hall–Kier alpha value is -2.25. The Labute approximate surface area is 142 Å². The van der Waals surface area contributed by atoms with Gasteiger partial charge in [0.15, 0.2) is 0 Å². The third kappa shape index (κ3) is 3.57. The Morgan fingerprint density at radius 3 is 2.87 bits per heavy atom. The van der Waals surface area contributed by atoms with Crippen LogP contribution in [0.1, 0.15) is 16.1 Å². The molecule has 3 aromatic heterocycles. The second kappa shape index (κ2) is 7.34. The molecule has 1 N–H and O–H groups in total. The summed E-state index contributed by atoms with van der Waals surface area (Å²) >= 11 is 3.05. The lowest BCUT2D eigenvalue weighted by atomic mass is 10.2. The van der Waals surface area contributed by atoms with E-state index in [1.807, 2.05) is 23.1 Å². The number of pyridine rings is 1. The van der Waals surface area contributed by atoms with E-state index in [1.54, 1.807) is 42.1 Å². The van der Waals surface area contributed by atoms with Crippen molar-refractivity contribution in [1.82, 2.24) is 20.3 Å². The van der Waals surface area contributed by atoms with Gasteiger partial charge in [-0.15, -0.1) is 11.8 Å². The molecule has 0 radical (unpaired) electrons. The fourth-order valence-electron chi connectivity index (χ4n) is 2.12. The lowest BCUT2D eigenvalue weighted by Gasteiger charge is -2.09. The molecule has 0 saturated heterocycles. The van der Waals surface area contributed by atoms with Crippen molar-refractivity contribution in [3.63, 3.8) is 0 Å². The number of amides is 1. The molecule has 0 unspecified atom stereocenters. The number of aromatic nitrogens is 3. The van der Waals surface area contributed by atoms with Gasteiger partial charge in [0.05, 0.1) is 23.5 Å². The molecular weight excluding hydrogens is 328 g/mol. The minimum absolute atomic E-state index is 0.163. The van der Waals surface area contributed by atoms with Crippen molar-refractivity contribution < 1.29 is 4.79 Å². The molecule has 0 aliphatic heterocycles. The van der Waals surface area contributed by atoms with Crippen LogP contribution in [0.4, 0.5) is 0 Å². The van der Waals surface area contributed by atoms with Crippen molar-refractivity contribution in [2.24, 2.45) is 0 Å². The van der Waals surface area contributed by atoms with Crippen molar-refractivity contribution in [2.45, 2.75) is 11.6 Å². The average Bonchev–Trinajstić information content (AvgIpc) is 3.14. The normalized spacial score (nSPS) is 10.5. The molecule has 23 heavy (non-hydrogen) atoms. The van der Waals surface area contributed by atoms with E-state index in [0.29, 0.717) is 17.1 Å². The summed E-state index contributed by atoms with van der Waals surface area (Å²) in [5, 5.41) is 7.62. The van der Waals surface area contributed by atoms with Crippen LogP contribution in [-0.4, -0.2) is 27.1 Å². The van der Waals surface area contributed by atoms with Crippen molar-refractivity contribution in [1.29, 1.82) is 0 Å². The first kappa shape index (κ1) is 15.6. The van der Waals surface area contributed by atoms with E-state index in [4.69, 9.17) is 0 Å². The summed E-state index contributed by atoms with van der Waals surface area (Å²) in [6.45, 7) is 0.320. The van der Waals surface area contributed by atoms with Crippen LogP contribution in [-0.2, 0) is 6.54 Å². The van der Waals surface area contributed by atoms with E-state index in [9.17, 15) is 4.79 Å². The van der Waals surface area contributed by atoms with Gasteiger partial charge in [-0.3, -0.25) is 14.8 Å². The van der Waals surface area contributed by atoms with Crippen LogP contribution in [0.25, 0.3) is 11.3 Å². The SMILES string of the molecule is CSc1ncccc1C(=O)NCc1nccnc1-c1ccsc1. The molecule has 1 amide bonds. The van der Waals surface area contributed by atoms with Gasteiger partial charge >= 0.3 is 0 Å². The Morgan fingerprint density at radius 1 is 1.22 bits per heavy atom. The van der Waals surface area contributed by atoms with Crippen LogP contribution in [0.2, 0.25) is 0 Å². The van der Waals surface area contributed by atoms with Gasteiger partial charge in [-0.1, -0.05) is 0 Å². The Morgan fingerprint density at radius 2 is 2.09 bits per heavy atom. The Kier molecular flexibility index (Phi) is 4.99. The smallest absolute Gasteiger partial charge is 0.254 e. The number of rotatable bonds is 5. The van der Waals surface area contributed by atoms with Crippen LogP contribution in [0.3, 0.4) is 0 Å². The van der Waals surface area contributed by atoms with E-state index in [-0.39, 0.29) is 5.91 Å². The topological polar surface area (TPSA) is 67.8 Å². The third-order valence-electron chi connectivity index (χ3n) is 3.19. The summed E-state index contributed by atoms with van der Waals surface area (Å²) in [7, 11) is 0. The maximum Gasteiger partial charge on any atom is 0.254 e. The van der Waals surface area contributed by atoms with Crippen molar-refractivity contribution in [2.75, 3.05) is 6.26 Å². The third-order valence-corrected chi connectivity index (χ3v) is 4.59. The highest BCUT2D eigenvalue weighted by Gasteiger charge is 2.13. The fraction of sp³-hybridized carbons (Fsp3) is 0.125. The molecule has 0 saturated carbocycles. The minimum Gasteiger partial charge on any atom is -0.346 e. The molecule has 0 aliphatic rings. The maximum atomic E-state index is 12.4. The molecule has 3 heterocycles. The highest BCUT2D eigenvalue weighted by Crippen LogP contribution is 2.22. The molecule has 5 nitrogen and oxygen atoms in total. The predicted octanol–water partition coefficient (Wildman–Crippen LogP) is 3.25. The molecule has 0 fully saturated rings. The molecule has 0 spiro atoms. The molecular formula is C16H14N4OS2. The summed E-state index contributed by atoms with van der Waals surface area (Å²) in [4.78, 5) is 25.3. The molecule has 3 rings (SSSR count). The van der Waals surface area contributed by atoms with Crippen LogP contribution >= 0.6 is 23.1 Å². The molecule has 0 bridgehead atoms. The summed E-state index contributed by atoms with van der Waals surface area (Å²) in [5.41, 5.74) is 3.12. The zero-order chi connectivity index (χ0) is 16.1. The second-order valence-corrected chi connectivity index (χ2v) is 6.18. The molecule has 3 aromatic rings. The summed E-state index contributed by atoms with van der Waals surface area (Å²) in [5.74, 6) is -0.163. The highest BCUT2D eigenvalue weighted by atomic mass is 32.2. The number of thioether (sulfide) groups is 1. The Balaban J connectivity index is 1.78. The lowest BCUT2D eigenvalue weighted by Crippen LogP contribution is -2.24. The van der Waals surface area contributed by atoms with Crippen molar-refractivity contribution in [3.05, 3.63) is 58.8 Å². The van der Waals surface area contributed by atoms with Crippen LogP contribution in [0, 0.1) is 0 Å². The number of carbonyl (C=O) groups excluding carboxylic acids is 1. The first-order valence-corrected chi connectivity index (χ1v) is 9.06. The highest BCUT2D eigenvalue weighted by molar-refractivity contribution is 7.98. The van der Waals surface area contributed by atoms with Gasteiger partial charge in [0.25, 0.3) is 5.91 Å². The van der Waals surface area contributed by atoms with E-state index >= 15 is 0 Å². The second-order valence-electron chi connectivity index (χ2n) is 4.61. The molecule has 0 atom stereocenters. The zero-order valence-electron chi connectivity index (χ0n) is 12.4. The number of nitrogens with zero attached hydrogens (tertiary/aromatic N) is 3. The van der Waals surface area contributed by atoms with Crippen molar-refractivity contribution in [3.8, 4) is 11.3 Å². The number of nitrogens with one attached hydrogen (secondary N) is 1. The molecule has 0 aliphatic carbocycles. The van der Waals surface area contributed by atoms with E-state index in [2.05, 4.69) is 20.3 Å². The van der Waals surface area contributed by atoms with Gasteiger partial charge in [-0.2, -0.15) is 11.3 Å². The lowest BCUT2D eigenvalue weighted by molar-refractivity contribution is 0.0947. The van der Waals surface area contributed by atoms with E-state index in [0.717, 1.165) is 17.0 Å². The summed E-state index contributed by atoms with van der Waals surface area (Å²) < 4.78 is 0. The predicted molar refractivity (Wildman–Crippen MR) is 92.5 cm³/mol. The minimum atomic E-state index is -0.163. The molecule has 7 heteroatoms. The Bertz CT molecular complexity index is 805. The van der Waals surface area contributed by atoms with E-state index in [1.165, 1.54) is 11.8 Å². The van der Waals surface area contributed by atoms with Gasteiger partial charge in [0, 0.05) is 29.5 Å².